The molecule has 2 aromatic carbocycles. The Morgan fingerprint density at radius 1 is 1.11 bits per heavy atom. The zero-order valence-electron chi connectivity index (χ0n) is 11.0. The van der Waals surface area contributed by atoms with Crippen LogP contribution in [0.3, 0.4) is 0 Å². The van der Waals surface area contributed by atoms with Crippen LogP contribution >= 0.6 is 0 Å². The third-order valence-corrected chi connectivity index (χ3v) is 3.40. The summed E-state index contributed by atoms with van der Waals surface area (Å²) in [7, 11) is 0. The van der Waals surface area contributed by atoms with Gasteiger partial charge in [-0.1, -0.05) is 32.0 Å². The Hall–Kier alpha value is -2.03. The number of halogens is 1. The third kappa shape index (κ3) is 2.16. The van der Waals surface area contributed by atoms with Crippen molar-refractivity contribution in [3.05, 3.63) is 53.8 Å². The van der Waals surface area contributed by atoms with E-state index in [1.165, 1.54) is 12.1 Å². The number of nitrogens with one attached hydrogen (secondary N) is 1. The summed E-state index contributed by atoms with van der Waals surface area (Å²) in [5.74, 6) is 1.44. The molecule has 19 heavy (non-hydrogen) atoms. The Bertz CT molecular complexity index is 609. The predicted octanol–water partition coefficient (Wildman–Crippen LogP) is 4.74. The number of rotatable bonds is 1. The Kier molecular flexibility index (Phi) is 2.90. The minimum absolute atomic E-state index is 0.155. The Balaban J connectivity index is 2.14. The van der Waals surface area contributed by atoms with Gasteiger partial charge in [0, 0.05) is 11.6 Å². The molecule has 1 N–H and O–H groups in total. The fourth-order valence-corrected chi connectivity index (χ4v) is 2.42. The van der Waals surface area contributed by atoms with Crippen LogP contribution in [0.5, 0.6) is 11.5 Å². The van der Waals surface area contributed by atoms with Crippen molar-refractivity contribution in [3.63, 3.8) is 0 Å². The molecule has 0 saturated carbocycles. The van der Waals surface area contributed by atoms with Gasteiger partial charge in [0.1, 0.15) is 11.6 Å². The molecule has 0 bridgehead atoms. The third-order valence-electron chi connectivity index (χ3n) is 3.40. The Morgan fingerprint density at radius 2 is 1.89 bits per heavy atom. The molecular weight excluding hydrogens is 241 g/mol. The van der Waals surface area contributed by atoms with Crippen LogP contribution in [0.4, 0.5) is 10.1 Å². The molecule has 0 spiro atoms. The van der Waals surface area contributed by atoms with Gasteiger partial charge >= 0.3 is 0 Å². The quantitative estimate of drug-likeness (QED) is 0.796. The molecule has 3 heteroatoms. The van der Waals surface area contributed by atoms with E-state index in [0.29, 0.717) is 11.7 Å². The van der Waals surface area contributed by atoms with E-state index in [-0.39, 0.29) is 11.9 Å². The molecular formula is C16H16FNO. The summed E-state index contributed by atoms with van der Waals surface area (Å²) in [4.78, 5) is 0. The van der Waals surface area contributed by atoms with Gasteiger partial charge < -0.3 is 10.1 Å². The van der Waals surface area contributed by atoms with Gasteiger partial charge in [0.2, 0.25) is 0 Å². The summed E-state index contributed by atoms with van der Waals surface area (Å²) in [6.07, 6.45) is 0. The molecule has 0 saturated heterocycles. The lowest BCUT2D eigenvalue weighted by Crippen LogP contribution is -2.15. The van der Waals surface area contributed by atoms with E-state index >= 15 is 0 Å². The first-order valence-corrected chi connectivity index (χ1v) is 6.48. The molecule has 1 aliphatic rings. The monoisotopic (exact) mass is 257 g/mol. The number of para-hydroxylation sites is 1. The Labute approximate surface area is 112 Å². The molecule has 3 rings (SSSR count). The van der Waals surface area contributed by atoms with E-state index in [4.69, 9.17) is 4.74 Å². The van der Waals surface area contributed by atoms with E-state index < -0.39 is 0 Å². The number of hydrogen-bond acceptors (Lipinski definition) is 2. The van der Waals surface area contributed by atoms with Gasteiger partial charge in [-0.2, -0.15) is 0 Å². The standard InChI is InChI=1S/C16H16FNO/c1-10(2)16-12-5-3-4-6-14(12)19-15-9-11(17)7-8-13(15)18-16/h3-10,16,18H,1-2H3. The van der Waals surface area contributed by atoms with Crippen molar-refractivity contribution in [2.75, 3.05) is 5.32 Å². The number of hydrogen-bond donors (Lipinski definition) is 1. The van der Waals surface area contributed by atoms with Crippen molar-refractivity contribution in [1.82, 2.24) is 0 Å². The molecule has 0 amide bonds. The summed E-state index contributed by atoms with van der Waals surface area (Å²) in [5.41, 5.74) is 1.94. The van der Waals surface area contributed by atoms with E-state index in [1.807, 2.05) is 18.2 Å². The lowest BCUT2D eigenvalue weighted by molar-refractivity contribution is 0.469. The molecule has 98 valence electrons. The predicted molar refractivity (Wildman–Crippen MR) is 74.1 cm³/mol. The molecule has 1 unspecified atom stereocenters. The first-order chi connectivity index (χ1) is 9.15. The van der Waals surface area contributed by atoms with Crippen LogP contribution in [0.1, 0.15) is 25.5 Å². The van der Waals surface area contributed by atoms with E-state index in [1.54, 1.807) is 6.07 Å². The van der Waals surface area contributed by atoms with Crippen molar-refractivity contribution < 1.29 is 9.13 Å². The zero-order valence-corrected chi connectivity index (χ0v) is 11.0. The average Bonchev–Trinajstić information content (AvgIpc) is 2.54. The van der Waals surface area contributed by atoms with Gasteiger partial charge in [0.15, 0.2) is 5.75 Å². The van der Waals surface area contributed by atoms with Gasteiger partial charge in [-0.15, -0.1) is 0 Å². The SMILES string of the molecule is CC(C)C1Nc2ccc(F)cc2Oc2ccccc21. The molecule has 1 aliphatic heterocycles. The summed E-state index contributed by atoms with van der Waals surface area (Å²) in [6.45, 7) is 4.31. The highest BCUT2D eigenvalue weighted by Gasteiger charge is 2.24. The van der Waals surface area contributed by atoms with Crippen molar-refractivity contribution in [2.24, 2.45) is 5.92 Å². The van der Waals surface area contributed by atoms with Crippen LogP contribution in [0, 0.1) is 11.7 Å². The summed E-state index contributed by atoms with van der Waals surface area (Å²) >= 11 is 0. The molecule has 0 aliphatic carbocycles. The van der Waals surface area contributed by atoms with Crippen LogP contribution in [0.2, 0.25) is 0 Å². The van der Waals surface area contributed by atoms with Crippen molar-refractivity contribution in [2.45, 2.75) is 19.9 Å². The second kappa shape index (κ2) is 4.57. The van der Waals surface area contributed by atoms with Crippen LogP contribution in [-0.2, 0) is 0 Å². The molecule has 0 radical (unpaired) electrons. The van der Waals surface area contributed by atoms with Crippen molar-refractivity contribution in [3.8, 4) is 11.5 Å². The molecule has 0 aromatic heterocycles. The van der Waals surface area contributed by atoms with Gasteiger partial charge in [-0.3, -0.25) is 0 Å². The number of benzene rings is 2. The number of fused-ring (bicyclic) bond motifs is 2. The van der Waals surface area contributed by atoms with Crippen molar-refractivity contribution in [1.29, 1.82) is 0 Å². The highest BCUT2D eigenvalue weighted by atomic mass is 19.1. The molecule has 1 heterocycles. The highest BCUT2D eigenvalue weighted by molar-refractivity contribution is 5.62. The number of anilines is 1. The van der Waals surface area contributed by atoms with Crippen LogP contribution < -0.4 is 10.1 Å². The summed E-state index contributed by atoms with van der Waals surface area (Å²) in [5, 5.41) is 3.45. The topological polar surface area (TPSA) is 21.3 Å². The second-order valence-electron chi connectivity index (χ2n) is 5.15. The van der Waals surface area contributed by atoms with Gasteiger partial charge in [-0.25, -0.2) is 4.39 Å². The first-order valence-electron chi connectivity index (χ1n) is 6.48. The van der Waals surface area contributed by atoms with E-state index in [2.05, 4.69) is 25.2 Å². The summed E-state index contributed by atoms with van der Waals surface area (Å²) < 4.78 is 19.2. The fraction of sp³-hybridized carbons (Fsp3) is 0.250. The van der Waals surface area contributed by atoms with Gasteiger partial charge in [0.05, 0.1) is 11.7 Å². The lowest BCUT2D eigenvalue weighted by atomic mass is 9.95. The normalized spacial score (nSPS) is 16.9. The van der Waals surface area contributed by atoms with Gasteiger partial charge in [0.25, 0.3) is 0 Å². The largest absolute Gasteiger partial charge is 0.455 e. The van der Waals surface area contributed by atoms with Crippen LogP contribution in [0.15, 0.2) is 42.5 Å². The van der Waals surface area contributed by atoms with E-state index in [0.717, 1.165) is 17.0 Å². The Morgan fingerprint density at radius 3 is 2.68 bits per heavy atom. The minimum Gasteiger partial charge on any atom is -0.455 e. The van der Waals surface area contributed by atoms with Crippen LogP contribution in [0.25, 0.3) is 0 Å². The summed E-state index contributed by atoms with van der Waals surface area (Å²) in [6, 6.07) is 12.6. The average molecular weight is 257 g/mol. The first kappa shape index (κ1) is 12.0. The van der Waals surface area contributed by atoms with Gasteiger partial charge in [-0.05, 0) is 24.1 Å². The second-order valence-corrected chi connectivity index (χ2v) is 5.15. The minimum atomic E-state index is -0.291. The maximum atomic E-state index is 13.4. The molecule has 0 fully saturated rings. The maximum absolute atomic E-state index is 13.4. The maximum Gasteiger partial charge on any atom is 0.153 e. The fourth-order valence-electron chi connectivity index (χ4n) is 2.42. The number of ether oxygens (including phenoxy) is 1. The molecule has 2 nitrogen and oxygen atoms in total. The zero-order chi connectivity index (χ0) is 13.4. The van der Waals surface area contributed by atoms with Crippen LogP contribution in [-0.4, -0.2) is 0 Å². The van der Waals surface area contributed by atoms with Crippen molar-refractivity contribution >= 4 is 5.69 Å². The molecule has 1 atom stereocenters. The van der Waals surface area contributed by atoms with E-state index in [9.17, 15) is 4.39 Å². The lowest BCUT2D eigenvalue weighted by Gasteiger charge is -2.22. The molecule has 2 aromatic rings. The smallest absolute Gasteiger partial charge is 0.153 e. The highest BCUT2D eigenvalue weighted by Crippen LogP contribution is 2.42.